The number of hydrogen-bond donors (Lipinski definition) is 1. The number of rotatable bonds is 5. The van der Waals surface area contributed by atoms with Crippen LogP contribution >= 0.6 is 11.3 Å². The fourth-order valence-electron chi connectivity index (χ4n) is 3.93. The smallest absolute Gasteiger partial charge is 0.361 e. The summed E-state index contributed by atoms with van der Waals surface area (Å²) in [5, 5.41) is 14.2. The van der Waals surface area contributed by atoms with Gasteiger partial charge in [0.05, 0.1) is 25.2 Å². The van der Waals surface area contributed by atoms with Crippen LogP contribution in [0.5, 0.6) is 5.75 Å². The maximum absolute atomic E-state index is 10.2. The number of nitrogens with zero attached hydrogens (tertiary/aromatic N) is 1. The van der Waals surface area contributed by atoms with Gasteiger partial charge in [0.25, 0.3) is 0 Å². The summed E-state index contributed by atoms with van der Waals surface area (Å²) < 4.78 is 18.3. The van der Waals surface area contributed by atoms with Crippen molar-refractivity contribution in [3.63, 3.8) is 0 Å². The van der Waals surface area contributed by atoms with Crippen LogP contribution in [-0.4, -0.2) is 24.7 Å². The van der Waals surface area contributed by atoms with E-state index in [9.17, 15) is 5.26 Å². The molecule has 5 nitrogen and oxygen atoms in total. The molecule has 1 aromatic heterocycles. The molecule has 2 heterocycles. The lowest BCUT2D eigenvalue weighted by molar-refractivity contribution is -0.369. The topological polar surface area (TPSA) is 77.5 Å². The summed E-state index contributed by atoms with van der Waals surface area (Å²) in [5.41, 5.74) is 6.07. The van der Waals surface area contributed by atoms with E-state index in [1.807, 2.05) is 67.8 Å². The summed E-state index contributed by atoms with van der Waals surface area (Å²) in [6.45, 7) is 4.25. The highest BCUT2D eigenvalue weighted by Crippen LogP contribution is 2.53. The second-order valence-electron chi connectivity index (χ2n) is 6.66. The summed E-state index contributed by atoms with van der Waals surface area (Å²) in [6.07, 6.45) is 0. The van der Waals surface area contributed by atoms with Crippen LogP contribution in [-0.2, 0) is 9.47 Å². The van der Waals surface area contributed by atoms with Crippen LogP contribution in [0.3, 0.4) is 0 Å². The molecule has 3 aromatic rings. The summed E-state index contributed by atoms with van der Waals surface area (Å²) in [4.78, 5) is 0.965. The van der Waals surface area contributed by atoms with Gasteiger partial charge in [-0.2, -0.15) is 5.26 Å². The van der Waals surface area contributed by atoms with E-state index in [-0.39, 0.29) is 13.2 Å². The molecule has 0 spiro atoms. The number of nitrogens with two attached hydrogens (primary N) is 1. The summed E-state index contributed by atoms with van der Waals surface area (Å²) in [5.74, 6) is -1.52. The Kier molecular flexibility index (Phi) is 4.86. The van der Waals surface area contributed by atoms with E-state index in [1.165, 1.54) is 0 Å². The first-order valence-electron chi connectivity index (χ1n) is 9.32. The Morgan fingerprint density at radius 1 is 1.11 bits per heavy atom. The van der Waals surface area contributed by atoms with Crippen molar-refractivity contribution < 1.29 is 14.2 Å². The minimum absolute atomic E-state index is 0.290. The zero-order chi connectivity index (χ0) is 19.8. The van der Waals surface area contributed by atoms with Crippen LogP contribution in [0.15, 0.2) is 53.9 Å². The molecule has 0 saturated heterocycles. The average Bonchev–Trinajstić information content (AvgIpc) is 3.23. The van der Waals surface area contributed by atoms with E-state index in [0.717, 1.165) is 21.2 Å². The molecular formula is C22H22N2O3S. The van der Waals surface area contributed by atoms with Crippen LogP contribution in [0.25, 0.3) is 10.8 Å². The number of nitriles is 1. The van der Waals surface area contributed by atoms with Crippen molar-refractivity contribution in [2.75, 3.05) is 13.2 Å². The van der Waals surface area contributed by atoms with Crippen molar-refractivity contribution in [3.05, 3.63) is 64.4 Å². The van der Waals surface area contributed by atoms with Crippen molar-refractivity contribution in [2.24, 2.45) is 5.73 Å². The first-order valence-corrected chi connectivity index (χ1v) is 10.2. The standard InChI is InChI=1S/C22H22N2O3S/c1-3-25-22(26-4-2)21(24,14-23)19(18-10-7-13-28-18)17-12-11-15-8-5-6-9-16(15)20(17)27-22/h5-13,19H,3-4,24H2,1-2H3. The van der Waals surface area contributed by atoms with E-state index in [4.69, 9.17) is 19.9 Å². The van der Waals surface area contributed by atoms with Crippen molar-refractivity contribution in [1.29, 1.82) is 5.26 Å². The van der Waals surface area contributed by atoms with E-state index in [1.54, 1.807) is 11.3 Å². The van der Waals surface area contributed by atoms with Crippen molar-refractivity contribution >= 4 is 22.1 Å². The van der Waals surface area contributed by atoms with Crippen LogP contribution in [0, 0.1) is 11.3 Å². The molecular weight excluding hydrogens is 372 g/mol. The second kappa shape index (κ2) is 7.19. The molecule has 2 atom stereocenters. The third-order valence-corrected chi connectivity index (χ3v) is 6.04. The number of fused-ring (bicyclic) bond motifs is 3. The van der Waals surface area contributed by atoms with Gasteiger partial charge in [-0.3, -0.25) is 0 Å². The molecule has 1 aliphatic rings. The maximum Gasteiger partial charge on any atom is 0.361 e. The van der Waals surface area contributed by atoms with Gasteiger partial charge in [-0.25, -0.2) is 0 Å². The molecule has 28 heavy (non-hydrogen) atoms. The van der Waals surface area contributed by atoms with Gasteiger partial charge in [-0.1, -0.05) is 42.5 Å². The van der Waals surface area contributed by atoms with E-state index < -0.39 is 17.4 Å². The van der Waals surface area contributed by atoms with Gasteiger partial charge in [0.15, 0.2) is 0 Å². The Hall–Kier alpha value is -2.43. The van der Waals surface area contributed by atoms with E-state index in [2.05, 4.69) is 6.07 Å². The third-order valence-electron chi connectivity index (χ3n) is 5.10. The molecule has 0 fully saturated rings. The van der Waals surface area contributed by atoms with Crippen molar-refractivity contribution in [3.8, 4) is 11.8 Å². The molecule has 6 heteroatoms. The molecule has 4 rings (SSSR count). The van der Waals surface area contributed by atoms with Crippen molar-refractivity contribution in [2.45, 2.75) is 31.3 Å². The zero-order valence-corrected chi connectivity index (χ0v) is 16.7. The zero-order valence-electron chi connectivity index (χ0n) is 15.8. The minimum Gasteiger partial charge on any atom is -0.436 e. The van der Waals surface area contributed by atoms with Crippen LogP contribution in [0.1, 0.15) is 30.2 Å². The summed E-state index contributed by atoms with van der Waals surface area (Å²) in [6, 6.07) is 18.2. The van der Waals surface area contributed by atoms with Gasteiger partial charge >= 0.3 is 5.97 Å². The highest BCUT2D eigenvalue weighted by Gasteiger charge is 2.64. The minimum atomic E-state index is -1.71. The van der Waals surface area contributed by atoms with Crippen LogP contribution in [0.4, 0.5) is 0 Å². The predicted molar refractivity (Wildman–Crippen MR) is 109 cm³/mol. The average molecular weight is 394 g/mol. The second-order valence-corrected chi connectivity index (χ2v) is 7.64. The molecule has 2 aromatic carbocycles. The number of hydrogen-bond acceptors (Lipinski definition) is 6. The molecule has 0 radical (unpaired) electrons. The Labute approximate surface area is 168 Å². The molecule has 0 amide bonds. The Morgan fingerprint density at radius 2 is 1.86 bits per heavy atom. The number of benzene rings is 2. The summed E-state index contributed by atoms with van der Waals surface area (Å²) in [7, 11) is 0. The third kappa shape index (κ3) is 2.63. The Balaban J connectivity index is 2.06. The molecule has 2 unspecified atom stereocenters. The largest absolute Gasteiger partial charge is 0.436 e. The molecule has 0 bridgehead atoms. The highest BCUT2D eigenvalue weighted by atomic mass is 32.1. The van der Waals surface area contributed by atoms with Gasteiger partial charge < -0.3 is 19.9 Å². The number of ether oxygens (including phenoxy) is 3. The van der Waals surface area contributed by atoms with E-state index in [0.29, 0.717) is 5.75 Å². The first kappa shape index (κ1) is 18.9. The van der Waals surface area contributed by atoms with Gasteiger partial charge in [-0.05, 0) is 30.7 Å². The molecule has 0 aliphatic carbocycles. The lowest BCUT2D eigenvalue weighted by Gasteiger charge is -2.49. The van der Waals surface area contributed by atoms with Crippen LogP contribution < -0.4 is 10.5 Å². The lowest BCUT2D eigenvalue weighted by atomic mass is 9.74. The van der Waals surface area contributed by atoms with Gasteiger partial charge in [0, 0.05) is 15.8 Å². The van der Waals surface area contributed by atoms with Crippen molar-refractivity contribution in [1.82, 2.24) is 0 Å². The lowest BCUT2D eigenvalue weighted by Crippen LogP contribution is -2.70. The SMILES string of the molecule is CCOC1(OCC)Oc2c(ccc3ccccc23)C(c2cccs2)C1(N)C#N. The molecule has 0 saturated carbocycles. The van der Waals surface area contributed by atoms with Gasteiger partial charge in [-0.15, -0.1) is 11.3 Å². The molecule has 144 valence electrons. The van der Waals surface area contributed by atoms with Gasteiger partial charge in [0.1, 0.15) is 5.75 Å². The molecule has 1 aliphatic heterocycles. The van der Waals surface area contributed by atoms with Gasteiger partial charge in [0.2, 0.25) is 5.54 Å². The fraction of sp³-hybridized carbons (Fsp3) is 0.318. The monoisotopic (exact) mass is 394 g/mol. The fourth-order valence-corrected chi connectivity index (χ4v) is 4.85. The highest BCUT2D eigenvalue weighted by molar-refractivity contribution is 7.10. The molecule has 2 N–H and O–H groups in total. The van der Waals surface area contributed by atoms with Crippen LogP contribution in [0.2, 0.25) is 0 Å². The Bertz CT molecular complexity index is 1020. The first-order chi connectivity index (χ1) is 13.6. The Morgan fingerprint density at radius 3 is 2.50 bits per heavy atom. The predicted octanol–water partition coefficient (Wildman–Crippen LogP) is 4.37. The normalized spacial score (nSPS) is 23.0. The van der Waals surface area contributed by atoms with E-state index >= 15 is 0 Å². The maximum atomic E-state index is 10.2. The number of thiophene rings is 1. The quantitative estimate of drug-likeness (QED) is 0.650. The summed E-state index contributed by atoms with van der Waals surface area (Å²) >= 11 is 1.56.